The Morgan fingerprint density at radius 1 is 0.464 bits per heavy atom. The van der Waals surface area contributed by atoms with E-state index in [0.717, 1.165) is 44.6 Å². The van der Waals surface area contributed by atoms with Crippen molar-refractivity contribution in [3.8, 4) is 0 Å². The van der Waals surface area contributed by atoms with Crippen molar-refractivity contribution in [2.75, 3.05) is 0 Å². The molecule has 4 aliphatic heterocycles. The molecule has 0 aromatic heterocycles. The van der Waals surface area contributed by atoms with Crippen molar-refractivity contribution in [3.05, 3.63) is 94.9 Å². The summed E-state index contributed by atoms with van der Waals surface area (Å²) in [7, 11) is 0. The average Bonchev–Trinajstić information content (AvgIpc) is 3.14. The molecule has 1 N–H and O–H groups in total. The van der Waals surface area contributed by atoms with Gasteiger partial charge in [-0.25, -0.2) is 24.0 Å². The Hall–Kier alpha value is -5.61. The Kier molecular flexibility index (Phi) is 10.7. The van der Waals surface area contributed by atoms with Crippen molar-refractivity contribution >= 4 is 29.8 Å². The Bertz CT molecular complexity index is 1880. The molecule has 3 aliphatic carbocycles. The highest BCUT2D eigenvalue weighted by Crippen LogP contribution is 2.46. The number of aliphatic hydroxyl groups excluding tert-OH is 1. The SMILES string of the molecule is O=C1OC2(CCCCC2)OC(=O)C1=C/C=C/C=C/C1=C([O-])OC2(CCC3(CC2)OC(=O)/C(=C/C=C/C=C/C2=C([O-])OC4(CCCCC4)OC2=O)C(O)O3)OC1=O. The molecule has 5 fully saturated rings. The first-order valence-corrected chi connectivity index (χ1v) is 18.7. The molecule has 298 valence electrons. The van der Waals surface area contributed by atoms with E-state index in [0.29, 0.717) is 25.7 Å². The molecule has 4 spiro atoms. The van der Waals surface area contributed by atoms with Crippen LogP contribution in [0.3, 0.4) is 0 Å². The monoisotopic (exact) mass is 776 g/mol. The third-order valence-electron chi connectivity index (χ3n) is 10.6. The Morgan fingerprint density at radius 2 is 0.875 bits per heavy atom. The summed E-state index contributed by atoms with van der Waals surface area (Å²) < 4.78 is 44.1. The first-order valence-electron chi connectivity index (χ1n) is 18.7. The highest BCUT2D eigenvalue weighted by molar-refractivity contribution is 6.15. The van der Waals surface area contributed by atoms with Gasteiger partial charge in [-0.15, -0.1) is 0 Å². The van der Waals surface area contributed by atoms with Gasteiger partial charge in [-0.05, 0) is 62.8 Å². The molecule has 0 aromatic rings. The predicted molar refractivity (Wildman–Crippen MR) is 182 cm³/mol. The van der Waals surface area contributed by atoms with Gasteiger partial charge in [0, 0.05) is 38.5 Å². The third-order valence-corrected chi connectivity index (χ3v) is 10.6. The van der Waals surface area contributed by atoms with Crippen LogP contribution >= 0.6 is 0 Å². The number of carbonyl (C=O) groups is 5. The molecule has 4 heterocycles. The maximum atomic E-state index is 12.9. The lowest BCUT2D eigenvalue weighted by atomic mass is 9.87. The number of esters is 5. The minimum Gasteiger partial charge on any atom is -0.574 e. The fraction of sp³-hybridized carbons (Fsp3) is 0.475. The predicted octanol–water partition coefficient (Wildman–Crippen LogP) is 2.63. The molecule has 7 aliphatic rings. The minimum atomic E-state index is -1.68. The van der Waals surface area contributed by atoms with Crippen LogP contribution < -0.4 is 10.2 Å². The van der Waals surface area contributed by atoms with Crippen LogP contribution in [-0.4, -0.2) is 64.4 Å². The van der Waals surface area contributed by atoms with E-state index < -0.39 is 76.7 Å². The van der Waals surface area contributed by atoms with Gasteiger partial charge in [0.2, 0.25) is 5.79 Å². The number of hydrogen-bond donors (Lipinski definition) is 1. The fourth-order valence-electron chi connectivity index (χ4n) is 7.60. The zero-order valence-electron chi connectivity index (χ0n) is 30.3. The summed E-state index contributed by atoms with van der Waals surface area (Å²) in [5, 5.41) is 36.1. The summed E-state index contributed by atoms with van der Waals surface area (Å²) >= 11 is 0. The van der Waals surface area contributed by atoms with Gasteiger partial charge in [0.05, 0.1) is 28.6 Å². The molecule has 1 unspecified atom stereocenters. The second-order valence-corrected chi connectivity index (χ2v) is 14.5. The number of carbonyl (C=O) groups excluding carboxylic acids is 5. The lowest BCUT2D eigenvalue weighted by Gasteiger charge is -2.51. The lowest BCUT2D eigenvalue weighted by Crippen LogP contribution is -2.56. The Balaban J connectivity index is 0.905. The van der Waals surface area contributed by atoms with Crippen molar-refractivity contribution in [1.82, 2.24) is 0 Å². The van der Waals surface area contributed by atoms with Crippen LogP contribution in [0.5, 0.6) is 0 Å². The third kappa shape index (κ3) is 8.02. The van der Waals surface area contributed by atoms with Gasteiger partial charge in [-0.1, -0.05) is 49.3 Å². The highest BCUT2D eigenvalue weighted by Gasteiger charge is 2.53. The molecule has 0 amide bonds. The quantitative estimate of drug-likeness (QED) is 0.135. The van der Waals surface area contributed by atoms with Crippen molar-refractivity contribution in [2.45, 2.75) is 119 Å². The number of allylic oxidation sites excluding steroid dienone is 8. The molecular weight excluding hydrogens is 736 g/mol. The van der Waals surface area contributed by atoms with E-state index in [9.17, 15) is 39.3 Å². The minimum absolute atomic E-state index is 0.0805. The number of aliphatic hydroxyl groups is 1. The topological polar surface area (TPSA) is 226 Å². The van der Waals surface area contributed by atoms with Crippen LogP contribution in [0.1, 0.15) is 89.9 Å². The maximum absolute atomic E-state index is 12.9. The zero-order chi connectivity index (χ0) is 39.6. The number of ether oxygens (including phenoxy) is 8. The first kappa shape index (κ1) is 38.7. The van der Waals surface area contributed by atoms with E-state index >= 15 is 0 Å². The molecule has 3 saturated carbocycles. The van der Waals surface area contributed by atoms with E-state index in [-0.39, 0.29) is 42.4 Å². The van der Waals surface area contributed by atoms with Crippen LogP contribution in [0.25, 0.3) is 0 Å². The van der Waals surface area contributed by atoms with Gasteiger partial charge in [-0.2, -0.15) is 0 Å². The second kappa shape index (κ2) is 15.5. The van der Waals surface area contributed by atoms with Gasteiger partial charge in [0.15, 0.2) is 17.9 Å². The lowest BCUT2D eigenvalue weighted by molar-refractivity contribution is -0.410. The van der Waals surface area contributed by atoms with Crippen molar-refractivity contribution < 1.29 is 77.2 Å². The molecule has 0 radical (unpaired) electrons. The van der Waals surface area contributed by atoms with E-state index in [1.165, 1.54) is 54.7 Å². The Morgan fingerprint density at radius 3 is 1.36 bits per heavy atom. The summed E-state index contributed by atoms with van der Waals surface area (Å²) in [5.41, 5.74) is -1.18. The van der Waals surface area contributed by atoms with E-state index in [1.54, 1.807) is 0 Å². The van der Waals surface area contributed by atoms with Crippen LogP contribution in [0.2, 0.25) is 0 Å². The standard InChI is InChI=1S/C40H42O16/c41-29-25(30(42)50-37(49-29)17-9-3-10-18-37)13-5-1-7-15-27-33(45)53-39(54-34(27)46)21-23-40(24-22-39)55-35(47)28(36(48)56-40)16-8-2-6-14-26-31(43)51-38(52-32(26)44)19-11-4-12-20-38/h1-2,5-8,13-16,33,41,45,47H,3-4,9-12,17-24H2/p-2/b6-2+,7-1+,13-5+,16-8+,27-15+. The van der Waals surface area contributed by atoms with Crippen molar-refractivity contribution in [2.24, 2.45) is 0 Å². The number of hydrogen-bond acceptors (Lipinski definition) is 16. The molecule has 1 atom stereocenters. The summed E-state index contributed by atoms with van der Waals surface area (Å²) in [6.07, 6.45) is 18.0. The average molecular weight is 777 g/mol. The second-order valence-electron chi connectivity index (χ2n) is 14.5. The van der Waals surface area contributed by atoms with Gasteiger partial charge in [0.25, 0.3) is 5.79 Å². The molecule has 16 heteroatoms. The van der Waals surface area contributed by atoms with Crippen LogP contribution in [0.15, 0.2) is 94.9 Å². The van der Waals surface area contributed by atoms with Crippen LogP contribution in [0.4, 0.5) is 0 Å². The van der Waals surface area contributed by atoms with Crippen molar-refractivity contribution in [1.29, 1.82) is 0 Å². The van der Waals surface area contributed by atoms with Gasteiger partial charge in [0.1, 0.15) is 5.57 Å². The largest absolute Gasteiger partial charge is 0.574 e. The summed E-state index contributed by atoms with van der Waals surface area (Å²) in [4.78, 5) is 63.2. The maximum Gasteiger partial charge on any atom is 0.348 e. The molecule has 56 heavy (non-hydrogen) atoms. The Labute approximate surface area is 321 Å². The molecular formula is C40H40O16-2. The molecule has 16 nitrogen and oxygen atoms in total. The van der Waals surface area contributed by atoms with E-state index in [1.807, 2.05) is 0 Å². The molecule has 0 aromatic carbocycles. The summed E-state index contributed by atoms with van der Waals surface area (Å²) in [6.45, 7) is 0. The summed E-state index contributed by atoms with van der Waals surface area (Å²) in [5.74, 6) is -11.5. The highest BCUT2D eigenvalue weighted by atomic mass is 16.8. The smallest absolute Gasteiger partial charge is 0.348 e. The van der Waals surface area contributed by atoms with E-state index in [2.05, 4.69) is 0 Å². The van der Waals surface area contributed by atoms with Gasteiger partial charge < -0.3 is 53.2 Å². The first-order chi connectivity index (χ1) is 26.8. The summed E-state index contributed by atoms with van der Waals surface area (Å²) in [6, 6.07) is 0. The molecule has 2 saturated heterocycles. The fourth-order valence-corrected chi connectivity index (χ4v) is 7.60. The molecule has 7 rings (SSSR count). The van der Waals surface area contributed by atoms with E-state index in [4.69, 9.17) is 37.9 Å². The van der Waals surface area contributed by atoms with Gasteiger partial charge in [-0.3, -0.25) is 0 Å². The molecule has 0 bridgehead atoms. The van der Waals surface area contributed by atoms with Gasteiger partial charge >= 0.3 is 29.8 Å². The van der Waals surface area contributed by atoms with Crippen LogP contribution in [0, 0.1) is 0 Å². The zero-order valence-corrected chi connectivity index (χ0v) is 30.3. The van der Waals surface area contributed by atoms with Crippen molar-refractivity contribution in [3.63, 3.8) is 0 Å². The van der Waals surface area contributed by atoms with Crippen LogP contribution in [-0.2, 0) is 61.9 Å². The number of rotatable bonds is 6. The normalized spacial score (nSPS) is 27.9.